The van der Waals surface area contributed by atoms with Crippen LogP contribution in [0, 0.1) is 0 Å². The zero-order valence-electron chi connectivity index (χ0n) is 42.7. The van der Waals surface area contributed by atoms with Gasteiger partial charge in [-0.1, -0.05) is 89.9 Å². The lowest BCUT2D eigenvalue weighted by Gasteiger charge is -2.63. The van der Waals surface area contributed by atoms with Gasteiger partial charge in [-0.15, -0.1) is 0 Å². The Bertz CT molecular complexity index is 1480. The lowest BCUT2D eigenvalue weighted by Crippen LogP contribution is -2.86. The van der Waals surface area contributed by atoms with E-state index < -0.39 is 86.6 Å². The van der Waals surface area contributed by atoms with Gasteiger partial charge in [0.05, 0.1) is 0 Å². The molecule has 10 fully saturated rings. The van der Waals surface area contributed by atoms with E-state index in [1.807, 2.05) is 0 Å². The summed E-state index contributed by atoms with van der Waals surface area (Å²) in [5.41, 5.74) is 0.475. The van der Waals surface area contributed by atoms with Crippen molar-refractivity contribution in [3.05, 3.63) is 0 Å². The minimum absolute atomic E-state index is 0.0506. The molecule has 378 valence electrons. The van der Waals surface area contributed by atoms with Crippen molar-refractivity contribution in [2.75, 3.05) is 0 Å². The summed E-state index contributed by atoms with van der Waals surface area (Å²) in [6, 6.07) is 0. The summed E-state index contributed by atoms with van der Waals surface area (Å²) < 4.78 is 102. The van der Waals surface area contributed by atoms with E-state index in [2.05, 4.69) is 58.9 Å². The molecule has 7 aliphatic carbocycles. The van der Waals surface area contributed by atoms with E-state index in [0.717, 1.165) is 180 Å². The molecule has 10 rings (SSSR count). The summed E-state index contributed by atoms with van der Waals surface area (Å²) in [5.74, 6) is 0. The molecule has 0 N–H and O–H groups in total. The fraction of sp³-hybridized carbons (Fsp3) is 1.00. The summed E-state index contributed by atoms with van der Waals surface area (Å²) in [6.07, 6.45) is 29.6. The molecule has 0 spiro atoms. The predicted octanol–water partition coefficient (Wildman–Crippen LogP) is 13.9. The van der Waals surface area contributed by atoms with Crippen LogP contribution < -0.4 is 0 Å². The van der Waals surface area contributed by atoms with Crippen molar-refractivity contribution in [1.29, 1.82) is 0 Å². The van der Waals surface area contributed by atoms with E-state index >= 15 is 0 Å². The zero-order valence-corrected chi connectivity index (χ0v) is 52.7. The standard InChI is InChI=1S/C44H90O12Si10/c1-57(2,3)45-60(38-24-10-11-25-38)48-63(41-30-16-17-31-41)50-61(46-58(4,5)6,39-26-12-13-27-39)52-65(43-34-20-21-35-43)53-62(47-59(7,8)9,40-28-14-15-29-40)51-64(49-60,42-32-18-19-33-42)55-66(54-63,56-65)44-36-22-23-37-44/h38-44H,10-37H2,1-9H3. The van der Waals surface area contributed by atoms with Crippen LogP contribution >= 0.6 is 0 Å². The van der Waals surface area contributed by atoms with Crippen LogP contribution in [-0.2, 0) is 49.4 Å². The third kappa shape index (κ3) is 10.1. The third-order valence-electron chi connectivity index (χ3n) is 16.9. The molecule has 0 radical (unpaired) electrons. The summed E-state index contributed by atoms with van der Waals surface area (Å²) in [6.45, 7) is 21.0. The molecule has 4 bridgehead atoms. The number of rotatable bonds is 13. The maximum absolute atomic E-state index is 8.70. The van der Waals surface area contributed by atoms with Crippen LogP contribution in [0.1, 0.15) is 180 Å². The number of hydrogen-bond donors (Lipinski definition) is 0. The first kappa shape index (κ1) is 51.2. The maximum Gasteiger partial charge on any atom is 0.482 e. The van der Waals surface area contributed by atoms with E-state index in [4.69, 9.17) is 49.4 Å². The van der Waals surface area contributed by atoms with Crippen molar-refractivity contribution < 1.29 is 49.4 Å². The molecule has 0 aromatic heterocycles. The quantitative estimate of drug-likeness (QED) is 0.164. The smallest absolute Gasteiger partial charge is 0.417 e. The van der Waals surface area contributed by atoms with E-state index in [9.17, 15) is 0 Å². The Hall–Kier alpha value is 1.69. The van der Waals surface area contributed by atoms with Crippen molar-refractivity contribution in [3.63, 3.8) is 0 Å². The van der Waals surface area contributed by atoms with Gasteiger partial charge in [0.1, 0.15) is 0 Å². The molecule has 0 aromatic carbocycles. The Balaban J connectivity index is 1.33. The van der Waals surface area contributed by atoms with Crippen LogP contribution in [0.2, 0.25) is 97.7 Å². The monoisotopic (exact) mass is 1090 g/mol. The van der Waals surface area contributed by atoms with Gasteiger partial charge in [0, 0.05) is 38.8 Å². The van der Waals surface area contributed by atoms with E-state index in [-0.39, 0.29) is 38.8 Å². The zero-order chi connectivity index (χ0) is 46.3. The lowest BCUT2D eigenvalue weighted by molar-refractivity contribution is -0.00666. The summed E-state index contributed by atoms with van der Waals surface area (Å²) in [7, 11) is -34.9. The molecular formula is C44H90O12Si10. The van der Waals surface area contributed by atoms with Gasteiger partial charge in [-0.25, -0.2) is 0 Å². The van der Waals surface area contributed by atoms with Crippen LogP contribution in [0.15, 0.2) is 0 Å². The Labute approximate surface area is 411 Å². The van der Waals surface area contributed by atoms with Gasteiger partial charge in [0.2, 0.25) is 0 Å². The van der Waals surface area contributed by atoms with Crippen LogP contribution in [0.3, 0.4) is 0 Å². The van der Waals surface area contributed by atoms with Gasteiger partial charge in [-0.2, -0.15) is 0 Å². The molecule has 3 heterocycles. The first-order valence-corrected chi connectivity index (χ1v) is 50.5. The molecule has 3 aliphatic heterocycles. The number of fused-ring (bicyclic) bond motifs is 3. The SMILES string of the molecule is C[Si](C)(C)O[Si]1(C2CCCC2)O[Si]2(C3CCCC3)O[Si](O[Si](C)(C)C)(C3CCCC3)O[Si]3(C4CCCC4)O[Si](O[Si](C)(C)C)(C4CCCC4)O[Si](C4CCCC4)(O1)O[Si](C1CCCC1)(O2)O3. The molecule has 0 amide bonds. The van der Waals surface area contributed by atoms with E-state index in [0.29, 0.717) is 0 Å². The van der Waals surface area contributed by atoms with Gasteiger partial charge >= 0.3 is 61.6 Å². The molecule has 0 unspecified atom stereocenters. The molecule has 10 aliphatic rings. The highest BCUT2D eigenvalue weighted by Crippen LogP contribution is 2.64. The van der Waals surface area contributed by atoms with E-state index in [1.54, 1.807) is 0 Å². The van der Waals surface area contributed by atoms with E-state index in [1.165, 1.54) is 0 Å². The second-order valence-electron chi connectivity index (χ2n) is 25.7. The predicted molar refractivity (Wildman–Crippen MR) is 279 cm³/mol. The lowest BCUT2D eigenvalue weighted by atomic mass is 10.4. The molecule has 66 heavy (non-hydrogen) atoms. The van der Waals surface area contributed by atoms with Gasteiger partial charge in [0.15, 0.2) is 25.0 Å². The Morgan fingerprint density at radius 2 is 0.394 bits per heavy atom. The Morgan fingerprint density at radius 3 is 0.561 bits per heavy atom. The normalized spacial score (nSPS) is 42.7. The van der Waals surface area contributed by atoms with Gasteiger partial charge in [-0.3, -0.25) is 0 Å². The first-order valence-electron chi connectivity index (χ1n) is 27.6. The van der Waals surface area contributed by atoms with Crippen LogP contribution in [0.5, 0.6) is 0 Å². The molecule has 0 atom stereocenters. The minimum atomic E-state index is -4.00. The highest BCUT2D eigenvalue weighted by atomic mass is 28.6. The van der Waals surface area contributed by atoms with Crippen molar-refractivity contribution in [2.24, 2.45) is 0 Å². The molecule has 7 saturated carbocycles. The fourth-order valence-corrected chi connectivity index (χ4v) is 71.9. The van der Waals surface area contributed by atoms with Gasteiger partial charge in [0.25, 0.3) is 0 Å². The first-order chi connectivity index (χ1) is 31.2. The largest absolute Gasteiger partial charge is 0.482 e. The van der Waals surface area contributed by atoms with Crippen LogP contribution in [-0.4, -0.2) is 86.6 Å². The molecule has 22 heteroatoms. The van der Waals surface area contributed by atoms with Gasteiger partial charge < -0.3 is 49.4 Å². The van der Waals surface area contributed by atoms with Crippen LogP contribution in [0.4, 0.5) is 0 Å². The Kier molecular flexibility index (Phi) is 14.8. The minimum Gasteiger partial charge on any atom is -0.417 e. The van der Waals surface area contributed by atoms with Gasteiger partial charge in [-0.05, 0) is 149 Å². The average molecular weight is 1090 g/mol. The van der Waals surface area contributed by atoms with Crippen molar-refractivity contribution >= 4 is 86.6 Å². The van der Waals surface area contributed by atoms with Crippen molar-refractivity contribution in [2.45, 2.75) is 277 Å². The molecule has 3 saturated heterocycles. The van der Waals surface area contributed by atoms with Crippen LogP contribution in [0.25, 0.3) is 0 Å². The second-order valence-corrected chi connectivity index (χ2v) is 62.3. The Morgan fingerprint density at radius 1 is 0.242 bits per heavy atom. The van der Waals surface area contributed by atoms with Crippen molar-refractivity contribution in [3.8, 4) is 0 Å². The summed E-state index contributed by atoms with van der Waals surface area (Å²) >= 11 is 0. The fourth-order valence-electron chi connectivity index (χ4n) is 14.2. The van der Waals surface area contributed by atoms with Crippen molar-refractivity contribution in [1.82, 2.24) is 0 Å². The average Bonchev–Trinajstić information content (AvgIpc) is 4.05. The topological polar surface area (TPSA) is 111 Å². The highest BCUT2D eigenvalue weighted by Gasteiger charge is 2.84. The molecular weight excluding hydrogens is 1000 g/mol. The number of hydrogen-bond acceptors (Lipinski definition) is 12. The summed E-state index contributed by atoms with van der Waals surface area (Å²) in [5, 5.41) is 0. The highest BCUT2D eigenvalue weighted by molar-refractivity contribution is 7.02. The molecule has 12 nitrogen and oxygen atoms in total. The third-order valence-corrected chi connectivity index (χ3v) is 59.2. The summed E-state index contributed by atoms with van der Waals surface area (Å²) in [4.78, 5) is 0. The second kappa shape index (κ2) is 19.1. The molecule has 0 aromatic rings. The maximum atomic E-state index is 8.70.